The Labute approximate surface area is 124 Å². The molecule has 0 fully saturated rings. The first-order valence-electron chi connectivity index (χ1n) is 6.07. The molecule has 0 aliphatic rings. The highest BCUT2D eigenvalue weighted by Gasteiger charge is 2.12. The molecule has 2 heterocycles. The SMILES string of the molecule is CCc1nnc(NC(=O)c2cc3cc(Cl)ccc3[nH]2)s1. The monoisotopic (exact) mass is 306 g/mol. The van der Waals surface area contributed by atoms with Gasteiger partial charge in [0, 0.05) is 15.9 Å². The Morgan fingerprint density at radius 1 is 1.40 bits per heavy atom. The second-order valence-electron chi connectivity index (χ2n) is 4.22. The maximum Gasteiger partial charge on any atom is 0.273 e. The van der Waals surface area contributed by atoms with Crippen LogP contribution < -0.4 is 5.32 Å². The minimum Gasteiger partial charge on any atom is -0.351 e. The molecule has 0 aliphatic heterocycles. The van der Waals surface area contributed by atoms with Crippen LogP contribution in [0.5, 0.6) is 0 Å². The highest BCUT2D eigenvalue weighted by molar-refractivity contribution is 7.15. The van der Waals surface area contributed by atoms with Crippen molar-refractivity contribution in [1.29, 1.82) is 0 Å². The number of aromatic nitrogens is 3. The zero-order valence-corrected chi connectivity index (χ0v) is 12.2. The summed E-state index contributed by atoms with van der Waals surface area (Å²) in [7, 11) is 0. The van der Waals surface area contributed by atoms with Crippen molar-refractivity contribution in [2.24, 2.45) is 0 Å². The van der Waals surface area contributed by atoms with Gasteiger partial charge in [0.2, 0.25) is 5.13 Å². The number of aromatic amines is 1. The van der Waals surface area contributed by atoms with E-state index in [1.807, 2.05) is 19.1 Å². The third kappa shape index (κ3) is 2.52. The number of hydrogen-bond acceptors (Lipinski definition) is 4. The molecular formula is C13H11ClN4OS. The molecule has 2 N–H and O–H groups in total. The molecule has 102 valence electrons. The summed E-state index contributed by atoms with van der Waals surface area (Å²) in [5.41, 5.74) is 1.33. The lowest BCUT2D eigenvalue weighted by Crippen LogP contribution is -2.11. The van der Waals surface area contributed by atoms with Crippen molar-refractivity contribution in [2.45, 2.75) is 13.3 Å². The summed E-state index contributed by atoms with van der Waals surface area (Å²) in [5.74, 6) is -0.240. The van der Waals surface area contributed by atoms with Crippen LogP contribution in [0.15, 0.2) is 24.3 Å². The molecule has 5 nitrogen and oxygen atoms in total. The number of carbonyl (C=O) groups excluding carboxylic acids is 1. The van der Waals surface area contributed by atoms with E-state index >= 15 is 0 Å². The summed E-state index contributed by atoms with van der Waals surface area (Å²) in [5, 5.41) is 13.5. The molecule has 1 amide bonds. The highest BCUT2D eigenvalue weighted by Crippen LogP contribution is 2.21. The minimum atomic E-state index is -0.240. The third-order valence-corrected chi connectivity index (χ3v) is 4.04. The van der Waals surface area contributed by atoms with Crippen molar-refractivity contribution in [1.82, 2.24) is 15.2 Å². The number of H-pyrrole nitrogens is 1. The van der Waals surface area contributed by atoms with Gasteiger partial charge in [-0.25, -0.2) is 0 Å². The molecule has 0 aliphatic carbocycles. The van der Waals surface area contributed by atoms with Gasteiger partial charge in [-0.1, -0.05) is 29.9 Å². The zero-order valence-electron chi connectivity index (χ0n) is 10.6. The van der Waals surface area contributed by atoms with E-state index < -0.39 is 0 Å². The van der Waals surface area contributed by atoms with Crippen molar-refractivity contribution in [3.05, 3.63) is 40.0 Å². The standard InChI is InChI=1S/C13H11ClN4OS/c1-2-11-17-18-13(20-11)16-12(19)10-6-7-5-8(14)3-4-9(7)15-10/h3-6,15H,2H2,1H3,(H,16,18,19). The lowest BCUT2D eigenvalue weighted by Gasteiger charge is -1.96. The second-order valence-corrected chi connectivity index (χ2v) is 5.72. The van der Waals surface area contributed by atoms with Crippen molar-refractivity contribution in [3.63, 3.8) is 0 Å². The van der Waals surface area contributed by atoms with Crippen LogP contribution in [-0.4, -0.2) is 21.1 Å². The molecule has 0 atom stereocenters. The number of benzene rings is 1. The Morgan fingerprint density at radius 3 is 3.00 bits per heavy atom. The molecule has 0 unspecified atom stereocenters. The van der Waals surface area contributed by atoms with Crippen molar-refractivity contribution >= 4 is 44.9 Å². The van der Waals surface area contributed by atoms with Crippen molar-refractivity contribution in [3.8, 4) is 0 Å². The molecule has 1 aromatic carbocycles. The van der Waals surface area contributed by atoms with Crippen LogP contribution in [0.3, 0.4) is 0 Å². The van der Waals surface area contributed by atoms with E-state index in [4.69, 9.17) is 11.6 Å². The maximum absolute atomic E-state index is 12.1. The van der Waals surface area contributed by atoms with Gasteiger partial charge in [0.25, 0.3) is 5.91 Å². The predicted octanol–water partition coefficient (Wildman–Crippen LogP) is 3.49. The fourth-order valence-corrected chi connectivity index (χ4v) is 2.69. The maximum atomic E-state index is 12.1. The van der Waals surface area contributed by atoms with Crippen LogP contribution in [0.1, 0.15) is 22.4 Å². The first-order valence-corrected chi connectivity index (χ1v) is 7.27. The number of carbonyl (C=O) groups is 1. The lowest BCUT2D eigenvalue weighted by atomic mass is 10.2. The summed E-state index contributed by atoms with van der Waals surface area (Å²) in [6.45, 7) is 1.99. The Kier molecular flexibility index (Phi) is 3.42. The molecule has 3 aromatic rings. The van der Waals surface area contributed by atoms with E-state index in [0.717, 1.165) is 22.3 Å². The number of rotatable bonds is 3. The van der Waals surface area contributed by atoms with E-state index in [9.17, 15) is 4.79 Å². The predicted molar refractivity (Wildman–Crippen MR) is 80.5 cm³/mol. The van der Waals surface area contributed by atoms with Crippen molar-refractivity contribution in [2.75, 3.05) is 5.32 Å². The average Bonchev–Trinajstić information content (AvgIpc) is 3.04. The fourth-order valence-electron chi connectivity index (χ4n) is 1.84. The van der Waals surface area contributed by atoms with Crippen molar-refractivity contribution < 1.29 is 4.79 Å². The molecule has 20 heavy (non-hydrogen) atoms. The molecule has 0 bridgehead atoms. The largest absolute Gasteiger partial charge is 0.351 e. The van der Waals surface area contributed by atoms with E-state index in [0.29, 0.717) is 15.8 Å². The fraction of sp³-hybridized carbons (Fsp3) is 0.154. The first-order chi connectivity index (χ1) is 9.65. The Bertz CT molecular complexity index is 780. The van der Waals surface area contributed by atoms with Gasteiger partial charge in [-0.3, -0.25) is 10.1 Å². The molecule has 2 aromatic heterocycles. The molecule has 3 rings (SSSR count). The van der Waals surface area contributed by atoms with Gasteiger partial charge in [-0.15, -0.1) is 10.2 Å². The Hall–Kier alpha value is -1.92. The number of nitrogens with one attached hydrogen (secondary N) is 2. The number of hydrogen-bond donors (Lipinski definition) is 2. The Balaban J connectivity index is 1.84. The van der Waals surface area contributed by atoms with Gasteiger partial charge in [0.05, 0.1) is 0 Å². The summed E-state index contributed by atoms with van der Waals surface area (Å²) in [6.07, 6.45) is 0.804. The van der Waals surface area contributed by atoms with Crippen LogP contribution in [0, 0.1) is 0 Å². The zero-order chi connectivity index (χ0) is 14.1. The van der Waals surface area contributed by atoms with Crippen LogP contribution in [-0.2, 0) is 6.42 Å². The third-order valence-electron chi connectivity index (χ3n) is 2.82. The van der Waals surface area contributed by atoms with Gasteiger partial charge in [0.1, 0.15) is 10.7 Å². The van der Waals surface area contributed by atoms with E-state index in [-0.39, 0.29) is 5.91 Å². The minimum absolute atomic E-state index is 0.240. The summed E-state index contributed by atoms with van der Waals surface area (Å²) in [4.78, 5) is 15.2. The van der Waals surface area contributed by atoms with Gasteiger partial charge in [-0.05, 0) is 30.7 Å². The number of anilines is 1. The molecule has 7 heteroatoms. The Morgan fingerprint density at radius 2 is 2.25 bits per heavy atom. The van der Waals surface area contributed by atoms with Crippen LogP contribution in [0.2, 0.25) is 5.02 Å². The summed E-state index contributed by atoms with van der Waals surface area (Å²) in [6, 6.07) is 7.19. The number of nitrogens with zero attached hydrogens (tertiary/aromatic N) is 2. The normalized spacial score (nSPS) is 10.9. The van der Waals surface area contributed by atoms with Crippen LogP contribution >= 0.6 is 22.9 Å². The molecule has 0 radical (unpaired) electrons. The van der Waals surface area contributed by atoms with Gasteiger partial charge >= 0.3 is 0 Å². The number of fused-ring (bicyclic) bond motifs is 1. The van der Waals surface area contributed by atoms with E-state index in [1.165, 1.54) is 11.3 Å². The van der Waals surface area contributed by atoms with Crippen LogP contribution in [0.4, 0.5) is 5.13 Å². The second kappa shape index (κ2) is 5.22. The molecular weight excluding hydrogens is 296 g/mol. The number of aryl methyl sites for hydroxylation is 1. The van der Waals surface area contributed by atoms with Gasteiger partial charge in [0.15, 0.2) is 0 Å². The number of halogens is 1. The molecule has 0 spiro atoms. The van der Waals surface area contributed by atoms with E-state index in [1.54, 1.807) is 12.1 Å². The molecule has 0 saturated carbocycles. The summed E-state index contributed by atoms with van der Waals surface area (Å²) >= 11 is 7.30. The molecule has 0 saturated heterocycles. The quantitative estimate of drug-likeness (QED) is 0.778. The van der Waals surface area contributed by atoms with E-state index in [2.05, 4.69) is 20.5 Å². The topological polar surface area (TPSA) is 70.7 Å². The smallest absolute Gasteiger partial charge is 0.273 e. The summed E-state index contributed by atoms with van der Waals surface area (Å²) < 4.78 is 0. The first kappa shape index (κ1) is 13.1. The van der Waals surface area contributed by atoms with Crippen LogP contribution in [0.25, 0.3) is 10.9 Å². The number of amides is 1. The lowest BCUT2D eigenvalue weighted by molar-refractivity contribution is 0.102. The van der Waals surface area contributed by atoms with Gasteiger partial charge < -0.3 is 4.98 Å². The van der Waals surface area contributed by atoms with Gasteiger partial charge in [-0.2, -0.15) is 0 Å². The highest BCUT2D eigenvalue weighted by atomic mass is 35.5. The average molecular weight is 307 g/mol.